The lowest BCUT2D eigenvalue weighted by Gasteiger charge is -1.99. The highest BCUT2D eigenvalue weighted by Crippen LogP contribution is 2.10. The third-order valence-corrected chi connectivity index (χ3v) is 3.02. The van der Waals surface area contributed by atoms with E-state index in [2.05, 4.69) is 21.8 Å². The molecule has 1 heterocycles. The molecule has 0 spiro atoms. The first-order valence-electron chi connectivity index (χ1n) is 6.40. The van der Waals surface area contributed by atoms with Gasteiger partial charge in [-0.2, -0.15) is 0 Å². The number of aryl methyl sites for hydroxylation is 1. The largest absolute Gasteiger partial charge is 0.310 e. The summed E-state index contributed by atoms with van der Waals surface area (Å²) < 4.78 is 12.8. The van der Waals surface area contributed by atoms with Crippen LogP contribution in [0.25, 0.3) is 10.9 Å². The number of benzene rings is 2. The first kappa shape index (κ1) is 13.1. The number of aromatic nitrogens is 2. The molecule has 0 amide bonds. The summed E-state index contributed by atoms with van der Waals surface area (Å²) in [6.45, 7) is 1.73. The SMILES string of the molecule is Cc1nc2cc(C#Cc3ccc(F)cc3)ccc2c(=O)[nH]1. The van der Waals surface area contributed by atoms with Gasteiger partial charge in [0.1, 0.15) is 11.6 Å². The average molecular weight is 278 g/mol. The van der Waals surface area contributed by atoms with Crippen molar-refractivity contribution < 1.29 is 4.39 Å². The molecule has 1 aromatic heterocycles. The minimum absolute atomic E-state index is 0.157. The number of H-pyrrole nitrogens is 1. The molecule has 0 unspecified atom stereocenters. The number of halogens is 1. The van der Waals surface area contributed by atoms with Gasteiger partial charge in [-0.1, -0.05) is 11.8 Å². The molecule has 0 aliphatic rings. The molecule has 3 rings (SSSR count). The zero-order valence-corrected chi connectivity index (χ0v) is 11.3. The average Bonchev–Trinajstić information content (AvgIpc) is 2.46. The highest BCUT2D eigenvalue weighted by molar-refractivity contribution is 5.79. The molecule has 2 aromatic carbocycles. The number of aromatic amines is 1. The van der Waals surface area contributed by atoms with E-state index in [0.29, 0.717) is 16.7 Å². The van der Waals surface area contributed by atoms with Gasteiger partial charge in [-0.05, 0) is 49.4 Å². The van der Waals surface area contributed by atoms with E-state index in [-0.39, 0.29) is 11.4 Å². The van der Waals surface area contributed by atoms with Crippen molar-refractivity contribution in [2.45, 2.75) is 6.92 Å². The number of hydrogen-bond donors (Lipinski definition) is 1. The molecule has 0 bridgehead atoms. The molecule has 0 saturated heterocycles. The second-order valence-corrected chi connectivity index (χ2v) is 4.64. The number of nitrogens with zero attached hydrogens (tertiary/aromatic N) is 1. The molecule has 3 nitrogen and oxygen atoms in total. The van der Waals surface area contributed by atoms with Crippen molar-refractivity contribution in [1.29, 1.82) is 0 Å². The summed E-state index contributed by atoms with van der Waals surface area (Å²) in [5, 5.41) is 0.535. The Kier molecular flexibility index (Phi) is 3.25. The molecule has 3 aromatic rings. The van der Waals surface area contributed by atoms with Crippen LogP contribution in [-0.4, -0.2) is 9.97 Å². The third kappa shape index (κ3) is 2.82. The number of rotatable bonds is 0. The Morgan fingerprint density at radius 2 is 1.71 bits per heavy atom. The standard InChI is InChI=1S/C17H11FN2O/c1-11-19-16-10-13(6-9-15(16)17(21)20-11)3-2-12-4-7-14(18)8-5-12/h4-10H,1H3,(H,19,20,21). The zero-order chi connectivity index (χ0) is 14.8. The Morgan fingerprint density at radius 1 is 1.05 bits per heavy atom. The van der Waals surface area contributed by atoms with Crippen molar-refractivity contribution in [3.05, 3.63) is 75.6 Å². The van der Waals surface area contributed by atoms with Gasteiger partial charge in [0.05, 0.1) is 10.9 Å². The Balaban J connectivity index is 2.02. The maximum absolute atomic E-state index is 12.8. The minimum atomic E-state index is -0.287. The van der Waals surface area contributed by atoms with E-state index < -0.39 is 0 Å². The van der Waals surface area contributed by atoms with Crippen LogP contribution in [0.2, 0.25) is 0 Å². The van der Waals surface area contributed by atoms with Crippen molar-refractivity contribution in [3.8, 4) is 11.8 Å². The van der Waals surface area contributed by atoms with Crippen LogP contribution in [0.15, 0.2) is 47.3 Å². The van der Waals surface area contributed by atoms with Gasteiger partial charge in [0.25, 0.3) is 5.56 Å². The Labute approximate surface area is 120 Å². The monoisotopic (exact) mass is 278 g/mol. The van der Waals surface area contributed by atoms with Crippen LogP contribution in [-0.2, 0) is 0 Å². The maximum Gasteiger partial charge on any atom is 0.258 e. The smallest absolute Gasteiger partial charge is 0.258 e. The highest BCUT2D eigenvalue weighted by atomic mass is 19.1. The fourth-order valence-electron chi connectivity index (χ4n) is 2.01. The molecule has 0 aliphatic heterocycles. The molecular weight excluding hydrogens is 267 g/mol. The summed E-state index contributed by atoms with van der Waals surface area (Å²) in [6, 6.07) is 11.2. The molecule has 0 aliphatic carbocycles. The summed E-state index contributed by atoms with van der Waals surface area (Å²) in [4.78, 5) is 18.7. The van der Waals surface area contributed by atoms with Gasteiger partial charge in [0.15, 0.2) is 0 Å². The maximum atomic E-state index is 12.8. The van der Waals surface area contributed by atoms with E-state index in [4.69, 9.17) is 0 Å². The second kappa shape index (κ2) is 5.22. The van der Waals surface area contributed by atoms with Crippen LogP contribution < -0.4 is 5.56 Å². The summed E-state index contributed by atoms with van der Waals surface area (Å²) in [6.07, 6.45) is 0. The van der Waals surface area contributed by atoms with Gasteiger partial charge < -0.3 is 4.98 Å². The number of hydrogen-bond acceptors (Lipinski definition) is 2. The van der Waals surface area contributed by atoms with E-state index in [0.717, 1.165) is 11.1 Å². The summed E-state index contributed by atoms with van der Waals surface area (Å²) in [7, 11) is 0. The molecule has 4 heteroatoms. The molecule has 0 fully saturated rings. The van der Waals surface area contributed by atoms with Crippen LogP contribution in [0.4, 0.5) is 4.39 Å². The molecule has 21 heavy (non-hydrogen) atoms. The minimum Gasteiger partial charge on any atom is -0.310 e. The molecule has 0 atom stereocenters. The van der Waals surface area contributed by atoms with Crippen molar-refractivity contribution >= 4 is 10.9 Å². The predicted molar refractivity (Wildman–Crippen MR) is 79.5 cm³/mol. The summed E-state index contributed by atoms with van der Waals surface area (Å²) in [5.74, 6) is 6.22. The first-order chi connectivity index (χ1) is 10.1. The van der Waals surface area contributed by atoms with Crippen LogP contribution in [0, 0.1) is 24.6 Å². The van der Waals surface area contributed by atoms with Gasteiger partial charge in [-0.3, -0.25) is 4.79 Å². The van der Waals surface area contributed by atoms with Gasteiger partial charge >= 0.3 is 0 Å². The second-order valence-electron chi connectivity index (χ2n) is 4.64. The Bertz CT molecular complexity index is 931. The molecule has 1 N–H and O–H groups in total. The number of nitrogens with one attached hydrogen (secondary N) is 1. The van der Waals surface area contributed by atoms with Crippen LogP contribution in [0.5, 0.6) is 0 Å². The summed E-state index contributed by atoms with van der Waals surface area (Å²) in [5.41, 5.74) is 1.94. The first-order valence-corrected chi connectivity index (χ1v) is 6.40. The van der Waals surface area contributed by atoms with E-state index >= 15 is 0 Å². The lowest BCUT2D eigenvalue weighted by molar-refractivity contribution is 0.627. The van der Waals surface area contributed by atoms with Gasteiger partial charge in [0, 0.05) is 11.1 Å². The fraction of sp³-hybridized carbons (Fsp3) is 0.0588. The number of fused-ring (bicyclic) bond motifs is 1. The van der Waals surface area contributed by atoms with Crippen molar-refractivity contribution in [2.75, 3.05) is 0 Å². The molecule has 102 valence electrons. The topological polar surface area (TPSA) is 45.8 Å². The van der Waals surface area contributed by atoms with Crippen LogP contribution in [0.1, 0.15) is 17.0 Å². The zero-order valence-electron chi connectivity index (χ0n) is 11.3. The van der Waals surface area contributed by atoms with Gasteiger partial charge in [-0.25, -0.2) is 9.37 Å². The lowest BCUT2D eigenvalue weighted by Crippen LogP contribution is -2.09. The summed E-state index contributed by atoms with van der Waals surface area (Å²) >= 11 is 0. The quantitative estimate of drug-likeness (QED) is 0.643. The van der Waals surface area contributed by atoms with Crippen LogP contribution in [0.3, 0.4) is 0 Å². The van der Waals surface area contributed by atoms with E-state index in [1.54, 1.807) is 37.3 Å². The van der Waals surface area contributed by atoms with Crippen molar-refractivity contribution in [1.82, 2.24) is 9.97 Å². The third-order valence-electron chi connectivity index (χ3n) is 3.02. The Hall–Kier alpha value is -2.93. The molecular formula is C17H11FN2O. The van der Waals surface area contributed by atoms with Crippen LogP contribution >= 0.6 is 0 Å². The Morgan fingerprint density at radius 3 is 2.48 bits per heavy atom. The fourth-order valence-corrected chi connectivity index (χ4v) is 2.01. The van der Waals surface area contributed by atoms with Gasteiger partial charge in [0.2, 0.25) is 0 Å². The highest BCUT2D eigenvalue weighted by Gasteiger charge is 2.01. The van der Waals surface area contributed by atoms with Crippen molar-refractivity contribution in [3.63, 3.8) is 0 Å². The van der Waals surface area contributed by atoms with E-state index in [1.807, 2.05) is 0 Å². The van der Waals surface area contributed by atoms with E-state index in [9.17, 15) is 9.18 Å². The predicted octanol–water partition coefficient (Wildman–Crippen LogP) is 2.77. The normalized spacial score (nSPS) is 10.2. The molecule has 0 radical (unpaired) electrons. The van der Waals surface area contributed by atoms with Gasteiger partial charge in [-0.15, -0.1) is 0 Å². The van der Waals surface area contributed by atoms with Crippen molar-refractivity contribution in [2.24, 2.45) is 0 Å². The lowest BCUT2D eigenvalue weighted by atomic mass is 10.1. The molecule has 0 saturated carbocycles. The van der Waals surface area contributed by atoms with E-state index in [1.165, 1.54) is 12.1 Å².